The Morgan fingerprint density at radius 3 is 2.25 bits per heavy atom. The van der Waals surface area contributed by atoms with E-state index in [0.29, 0.717) is 10.8 Å². The Kier molecular flexibility index (Phi) is 3.46. The van der Waals surface area contributed by atoms with Crippen LogP contribution in [0.25, 0.3) is 0 Å². The molecule has 0 spiro atoms. The number of hydrogen-bond acceptors (Lipinski definition) is 0. The minimum absolute atomic E-state index is 0.386. The molecule has 72 valence electrons. The molecule has 1 fully saturated rings. The van der Waals surface area contributed by atoms with E-state index in [1.54, 1.807) is 0 Å². The van der Waals surface area contributed by atoms with Crippen molar-refractivity contribution >= 4 is 11.6 Å². The highest BCUT2D eigenvalue weighted by Crippen LogP contribution is 2.55. The van der Waals surface area contributed by atoms with E-state index in [9.17, 15) is 0 Å². The van der Waals surface area contributed by atoms with Crippen LogP contribution in [-0.4, -0.2) is 5.38 Å². The average Bonchev–Trinajstić information content (AvgIpc) is 2.69. The van der Waals surface area contributed by atoms with E-state index in [1.165, 1.54) is 32.1 Å². The van der Waals surface area contributed by atoms with Crippen LogP contribution in [0, 0.1) is 11.3 Å². The van der Waals surface area contributed by atoms with Crippen molar-refractivity contribution in [2.75, 3.05) is 0 Å². The second-order valence-corrected chi connectivity index (χ2v) is 5.23. The normalized spacial score (nSPS) is 25.0. The molecule has 0 aromatic carbocycles. The van der Waals surface area contributed by atoms with Crippen molar-refractivity contribution in [3.8, 4) is 0 Å². The zero-order valence-electron chi connectivity index (χ0n) is 8.57. The van der Waals surface area contributed by atoms with Gasteiger partial charge in [-0.2, -0.15) is 0 Å². The lowest BCUT2D eigenvalue weighted by molar-refractivity contribution is 0.348. The first-order valence-corrected chi connectivity index (χ1v) is 5.68. The maximum atomic E-state index is 6.18. The highest BCUT2D eigenvalue weighted by atomic mass is 35.5. The molecule has 1 heteroatoms. The lowest BCUT2D eigenvalue weighted by Gasteiger charge is -2.21. The maximum absolute atomic E-state index is 6.18. The fourth-order valence-corrected chi connectivity index (χ4v) is 2.52. The Bertz CT molecular complexity index is 136. The third-order valence-electron chi connectivity index (χ3n) is 3.27. The largest absolute Gasteiger partial charge is 0.123 e. The first-order valence-electron chi connectivity index (χ1n) is 5.25. The van der Waals surface area contributed by atoms with Crippen molar-refractivity contribution in [1.82, 2.24) is 0 Å². The maximum Gasteiger partial charge on any atom is 0.0364 e. The number of halogens is 1. The molecule has 0 amide bonds. The van der Waals surface area contributed by atoms with Crippen LogP contribution in [0.1, 0.15) is 52.9 Å². The van der Waals surface area contributed by atoms with E-state index in [4.69, 9.17) is 11.6 Å². The fraction of sp³-hybridized carbons (Fsp3) is 1.00. The number of alkyl halides is 1. The number of rotatable bonds is 5. The molecule has 0 saturated heterocycles. The molecular formula is C11H21Cl. The predicted octanol–water partition coefficient (Wildman–Crippen LogP) is 4.22. The molecule has 12 heavy (non-hydrogen) atoms. The smallest absolute Gasteiger partial charge is 0.0364 e. The molecule has 1 rings (SSSR count). The molecule has 1 aliphatic rings. The standard InChI is InChI=1S/C11H21Cl/c1-4-5-9(2)8-11(6-7-11)10(3)12/h9-10H,4-8H2,1-3H3. The van der Waals surface area contributed by atoms with Gasteiger partial charge in [0, 0.05) is 5.38 Å². The first kappa shape index (κ1) is 10.4. The van der Waals surface area contributed by atoms with Crippen LogP contribution in [0.15, 0.2) is 0 Å². The summed E-state index contributed by atoms with van der Waals surface area (Å²) in [6.45, 7) is 6.79. The van der Waals surface area contributed by atoms with Crippen LogP contribution in [-0.2, 0) is 0 Å². The predicted molar refractivity (Wildman–Crippen MR) is 55.7 cm³/mol. The van der Waals surface area contributed by atoms with Gasteiger partial charge in [-0.25, -0.2) is 0 Å². The summed E-state index contributed by atoms with van der Waals surface area (Å²) in [4.78, 5) is 0. The van der Waals surface area contributed by atoms with Gasteiger partial charge >= 0.3 is 0 Å². The molecule has 0 bridgehead atoms. The molecule has 0 nitrogen and oxygen atoms in total. The zero-order valence-corrected chi connectivity index (χ0v) is 9.32. The van der Waals surface area contributed by atoms with Gasteiger partial charge < -0.3 is 0 Å². The van der Waals surface area contributed by atoms with Gasteiger partial charge in [-0.15, -0.1) is 11.6 Å². The summed E-state index contributed by atoms with van der Waals surface area (Å²) in [5.41, 5.74) is 0.538. The molecule has 0 aromatic heterocycles. The summed E-state index contributed by atoms with van der Waals surface area (Å²) in [6, 6.07) is 0. The van der Waals surface area contributed by atoms with Crippen LogP contribution >= 0.6 is 11.6 Å². The van der Waals surface area contributed by atoms with Crippen molar-refractivity contribution in [2.24, 2.45) is 11.3 Å². The molecule has 0 radical (unpaired) electrons. The second-order valence-electron chi connectivity index (χ2n) is 4.58. The Morgan fingerprint density at radius 1 is 1.33 bits per heavy atom. The minimum Gasteiger partial charge on any atom is -0.123 e. The van der Waals surface area contributed by atoms with Gasteiger partial charge in [0.2, 0.25) is 0 Å². The summed E-state index contributed by atoms with van der Waals surface area (Å²) < 4.78 is 0. The molecule has 1 saturated carbocycles. The molecule has 0 aliphatic heterocycles. The Balaban J connectivity index is 2.30. The van der Waals surface area contributed by atoms with Crippen molar-refractivity contribution in [1.29, 1.82) is 0 Å². The molecule has 2 unspecified atom stereocenters. The van der Waals surface area contributed by atoms with Crippen molar-refractivity contribution < 1.29 is 0 Å². The molecule has 2 atom stereocenters. The topological polar surface area (TPSA) is 0 Å². The average molecular weight is 189 g/mol. The van der Waals surface area contributed by atoms with E-state index >= 15 is 0 Å². The lowest BCUT2D eigenvalue weighted by Crippen LogP contribution is -2.16. The van der Waals surface area contributed by atoms with E-state index in [2.05, 4.69) is 20.8 Å². The van der Waals surface area contributed by atoms with Crippen LogP contribution in [0.5, 0.6) is 0 Å². The SMILES string of the molecule is CCCC(C)CC1(C(C)Cl)CC1. The Labute approximate surface area is 81.7 Å². The highest BCUT2D eigenvalue weighted by Gasteiger charge is 2.46. The van der Waals surface area contributed by atoms with Crippen LogP contribution in [0.2, 0.25) is 0 Å². The van der Waals surface area contributed by atoms with Crippen molar-refractivity contribution in [3.05, 3.63) is 0 Å². The number of hydrogen-bond donors (Lipinski definition) is 0. The van der Waals surface area contributed by atoms with Gasteiger partial charge in [-0.3, -0.25) is 0 Å². The summed E-state index contributed by atoms with van der Waals surface area (Å²) >= 11 is 6.18. The highest BCUT2D eigenvalue weighted by molar-refractivity contribution is 6.21. The third-order valence-corrected chi connectivity index (χ3v) is 3.74. The summed E-state index contributed by atoms with van der Waals surface area (Å²) in [6.07, 6.45) is 6.77. The van der Waals surface area contributed by atoms with Gasteiger partial charge in [0.25, 0.3) is 0 Å². The molecule has 1 aliphatic carbocycles. The van der Waals surface area contributed by atoms with E-state index in [0.717, 1.165) is 5.92 Å². The summed E-state index contributed by atoms with van der Waals surface area (Å²) in [5, 5.41) is 0.386. The van der Waals surface area contributed by atoms with Crippen LogP contribution < -0.4 is 0 Å². The zero-order chi connectivity index (χ0) is 9.19. The molecule has 0 N–H and O–H groups in total. The monoisotopic (exact) mass is 188 g/mol. The quantitative estimate of drug-likeness (QED) is 0.567. The first-order chi connectivity index (χ1) is 5.60. The van der Waals surface area contributed by atoms with Gasteiger partial charge in [0.05, 0.1) is 0 Å². The van der Waals surface area contributed by atoms with Gasteiger partial charge in [0.15, 0.2) is 0 Å². The summed E-state index contributed by atoms with van der Waals surface area (Å²) in [5.74, 6) is 0.874. The van der Waals surface area contributed by atoms with Gasteiger partial charge in [-0.1, -0.05) is 26.7 Å². The van der Waals surface area contributed by atoms with E-state index < -0.39 is 0 Å². The van der Waals surface area contributed by atoms with Gasteiger partial charge in [0.1, 0.15) is 0 Å². The molecule has 0 heterocycles. The van der Waals surface area contributed by atoms with Crippen LogP contribution in [0.4, 0.5) is 0 Å². The minimum atomic E-state index is 0.386. The van der Waals surface area contributed by atoms with Crippen LogP contribution in [0.3, 0.4) is 0 Å². The Hall–Kier alpha value is 0.290. The van der Waals surface area contributed by atoms with Crippen molar-refractivity contribution in [2.45, 2.75) is 58.3 Å². The van der Waals surface area contributed by atoms with Crippen molar-refractivity contribution in [3.63, 3.8) is 0 Å². The van der Waals surface area contributed by atoms with E-state index in [-0.39, 0.29) is 0 Å². The Morgan fingerprint density at radius 2 is 1.92 bits per heavy atom. The van der Waals surface area contributed by atoms with Gasteiger partial charge in [-0.05, 0) is 37.5 Å². The molecular weight excluding hydrogens is 168 g/mol. The fourth-order valence-electron chi connectivity index (χ4n) is 2.21. The molecule has 0 aromatic rings. The van der Waals surface area contributed by atoms with E-state index in [1.807, 2.05) is 0 Å². The summed E-state index contributed by atoms with van der Waals surface area (Å²) in [7, 11) is 0. The lowest BCUT2D eigenvalue weighted by atomic mass is 9.88. The third kappa shape index (κ3) is 2.39. The second kappa shape index (κ2) is 4.00.